The minimum absolute atomic E-state index is 0.0937. The summed E-state index contributed by atoms with van der Waals surface area (Å²) in [7, 11) is 0. The van der Waals surface area contributed by atoms with Crippen molar-refractivity contribution in [1.29, 1.82) is 5.26 Å². The Morgan fingerprint density at radius 1 is 1.12 bits per heavy atom. The molecule has 25 heavy (non-hydrogen) atoms. The quantitative estimate of drug-likeness (QED) is 0.914. The van der Waals surface area contributed by atoms with Gasteiger partial charge in [0.25, 0.3) is 5.91 Å². The third-order valence-corrected chi connectivity index (χ3v) is 4.76. The van der Waals surface area contributed by atoms with Crippen molar-refractivity contribution < 1.29 is 4.79 Å². The van der Waals surface area contributed by atoms with Crippen LogP contribution in [0.25, 0.3) is 0 Å². The number of rotatable bonds is 5. The molecule has 3 rings (SSSR count). The Bertz CT molecular complexity index is 743. The maximum atomic E-state index is 12.2. The Morgan fingerprint density at radius 2 is 1.88 bits per heavy atom. The van der Waals surface area contributed by atoms with Crippen LogP contribution in [0.1, 0.15) is 34.3 Å². The van der Waals surface area contributed by atoms with Crippen molar-refractivity contribution in [3.8, 4) is 6.07 Å². The summed E-state index contributed by atoms with van der Waals surface area (Å²) in [6, 6.07) is 19.5. The van der Waals surface area contributed by atoms with Crippen LogP contribution in [0.4, 0.5) is 0 Å². The van der Waals surface area contributed by atoms with Crippen LogP contribution in [0.15, 0.2) is 54.6 Å². The molecule has 1 aliphatic rings. The molecular formula is C21H23N3O. The summed E-state index contributed by atoms with van der Waals surface area (Å²) >= 11 is 0. The number of benzene rings is 2. The number of nitriles is 1. The van der Waals surface area contributed by atoms with Crippen molar-refractivity contribution in [3.05, 3.63) is 71.3 Å². The first-order valence-corrected chi connectivity index (χ1v) is 8.79. The maximum absolute atomic E-state index is 12.2. The van der Waals surface area contributed by atoms with Crippen molar-refractivity contribution in [1.82, 2.24) is 10.2 Å². The topological polar surface area (TPSA) is 56.1 Å². The molecule has 1 heterocycles. The Kier molecular flexibility index (Phi) is 5.81. The summed E-state index contributed by atoms with van der Waals surface area (Å²) < 4.78 is 0. The fourth-order valence-electron chi connectivity index (χ4n) is 3.26. The van der Waals surface area contributed by atoms with E-state index in [1.54, 1.807) is 24.3 Å². The monoisotopic (exact) mass is 333 g/mol. The molecule has 0 unspecified atom stereocenters. The molecule has 0 saturated carbocycles. The second-order valence-corrected chi connectivity index (χ2v) is 6.61. The lowest BCUT2D eigenvalue weighted by Gasteiger charge is -2.32. The van der Waals surface area contributed by atoms with Crippen LogP contribution in [0.5, 0.6) is 0 Å². The first-order chi connectivity index (χ1) is 12.2. The average molecular weight is 333 g/mol. The largest absolute Gasteiger partial charge is 0.352 e. The average Bonchev–Trinajstić information content (AvgIpc) is 2.68. The zero-order chi connectivity index (χ0) is 17.5. The number of nitrogens with one attached hydrogen (secondary N) is 1. The van der Waals surface area contributed by atoms with E-state index in [1.165, 1.54) is 5.56 Å². The van der Waals surface area contributed by atoms with Crippen molar-refractivity contribution in [3.63, 3.8) is 0 Å². The van der Waals surface area contributed by atoms with Gasteiger partial charge in [-0.3, -0.25) is 9.69 Å². The van der Waals surface area contributed by atoms with Crippen LogP contribution in [0.3, 0.4) is 0 Å². The highest BCUT2D eigenvalue weighted by molar-refractivity contribution is 5.94. The van der Waals surface area contributed by atoms with Crippen molar-refractivity contribution in [2.24, 2.45) is 5.92 Å². The van der Waals surface area contributed by atoms with Crippen LogP contribution in [0, 0.1) is 17.2 Å². The van der Waals surface area contributed by atoms with Gasteiger partial charge in [0.2, 0.25) is 0 Å². The zero-order valence-electron chi connectivity index (χ0n) is 14.3. The fourth-order valence-corrected chi connectivity index (χ4v) is 3.26. The summed E-state index contributed by atoms with van der Waals surface area (Å²) in [5.74, 6) is 0.430. The molecule has 2 aromatic rings. The first-order valence-electron chi connectivity index (χ1n) is 8.79. The van der Waals surface area contributed by atoms with E-state index in [9.17, 15) is 4.79 Å². The standard InChI is InChI=1S/C21H23N3O/c22-14-19-7-4-8-20(13-19)21(25)23-15-17-9-11-24(12-10-17)16-18-5-2-1-3-6-18/h1-8,13,17H,9-12,15-16H2,(H,23,25). The number of amides is 1. The summed E-state index contributed by atoms with van der Waals surface area (Å²) in [5.41, 5.74) is 2.43. The van der Waals surface area contributed by atoms with Crippen LogP contribution in [-0.4, -0.2) is 30.4 Å². The molecule has 4 heteroatoms. The lowest BCUT2D eigenvalue weighted by atomic mass is 9.96. The highest BCUT2D eigenvalue weighted by Crippen LogP contribution is 2.18. The molecule has 1 aliphatic heterocycles. The van der Waals surface area contributed by atoms with Gasteiger partial charge in [0, 0.05) is 18.7 Å². The van der Waals surface area contributed by atoms with Gasteiger partial charge in [-0.2, -0.15) is 5.26 Å². The lowest BCUT2D eigenvalue weighted by Crippen LogP contribution is -2.38. The number of nitrogens with zero attached hydrogens (tertiary/aromatic N) is 2. The number of piperidine rings is 1. The van der Waals surface area contributed by atoms with Crippen LogP contribution < -0.4 is 5.32 Å². The van der Waals surface area contributed by atoms with E-state index in [4.69, 9.17) is 5.26 Å². The molecule has 1 fully saturated rings. The Morgan fingerprint density at radius 3 is 2.60 bits per heavy atom. The summed E-state index contributed by atoms with van der Waals surface area (Å²) in [5, 5.41) is 11.9. The van der Waals surface area contributed by atoms with E-state index in [-0.39, 0.29) is 5.91 Å². The smallest absolute Gasteiger partial charge is 0.251 e. The molecule has 1 saturated heterocycles. The molecule has 4 nitrogen and oxygen atoms in total. The number of carbonyl (C=O) groups is 1. The molecular weight excluding hydrogens is 310 g/mol. The van der Waals surface area contributed by atoms with Gasteiger partial charge in [-0.1, -0.05) is 36.4 Å². The first kappa shape index (κ1) is 17.2. The number of carbonyl (C=O) groups excluding carboxylic acids is 1. The molecule has 0 atom stereocenters. The Labute approximate surface area is 149 Å². The van der Waals surface area contributed by atoms with Crippen LogP contribution >= 0.6 is 0 Å². The molecule has 0 radical (unpaired) electrons. The Hall–Kier alpha value is -2.64. The minimum atomic E-state index is -0.0937. The van der Waals surface area contributed by atoms with Crippen molar-refractivity contribution in [2.45, 2.75) is 19.4 Å². The fraction of sp³-hybridized carbons (Fsp3) is 0.333. The van der Waals surface area contributed by atoms with E-state index >= 15 is 0 Å². The van der Waals surface area contributed by atoms with E-state index in [2.05, 4.69) is 40.6 Å². The van der Waals surface area contributed by atoms with E-state index in [0.29, 0.717) is 23.6 Å². The van der Waals surface area contributed by atoms with Gasteiger partial charge in [0.05, 0.1) is 11.6 Å². The Balaban J connectivity index is 1.43. The number of hydrogen-bond donors (Lipinski definition) is 1. The highest BCUT2D eigenvalue weighted by Gasteiger charge is 2.20. The normalized spacial score (nSPS) is 15.5. The molecule has 0 aromatic heterocycles. The molecule has 0 aliphatic carbocycles. The summed E-state index contributed by atoms with van der Waals surface area (Å²) in [6.45, 7) is 3.84. The maximum Gasteiger partial charge on any atom is 0.251 e. The van der Waals surface area contributed by atoms with Gasteiger partial charge in [-0.25, -0.2) is 0 Å². The predicted molar refractivity (Wildman–Crippen MR) is 97.9 cm³/mol. The van der Waals surface area contributed by atoms with Crippen molar-refractivity contribution in [2.75, 3.05) is 19.6 Å². The predicted octanol–water partition coefficient (Wildman–Crippen LogP) is 3.20. The van der Waals surface area contributed by atoms with Crippen LogP contribution in [0.2, 0.25) is 0 Å². The number of likely N-dealkylation sites (tertiary alicyclic amines) is 1. The SMILES string of the molecule is N#Cc1cccc(C(=O)NCC2CCN(Cc3ccccc3)CC2)c1. The van der Waals surface area contributed by atoms with Gasteiger partial charge in [0.15, 0.2) is 0 Å². The molecule has 1 amide bonds. The second-order valence-electron chi connectivity index (χ2n) is 6.61. The molecule has 0 spiro atoms. The minimum Gasteiger partial charge on any atom is -0.352 e. The highest BCUT2D eigenvalue weighted by atomic mass is 16.1. The summed E-state index contributed by atoms with van der Waals surface area (Å²) in [4.78, 5) is 14.7. The van der Waals surface area contributed by atoms with Gasteiger partial charge < -0.3 is 5.32 Å². The van der Waals surface area contributed by atoms with Gasteiger partial charge in [-0.05, 0) is 55.6 Å². The van der Waals surface area contributed by atoms with E-state index in [0.717, 1.165) is 32.5 Å². The lowest BCUT2D eigenvalue weighted by molar-refractivity contribution is 0.0935. The van der Waals surface area contributed by atoms with Crippen molar-refractivity contribution >= 4 is 5.91 Å². The molecule has 2 aromatic carbocycles. The zero-order valence-corrected chi connectivity index (χ0v) is 14.3. The molecule has 1 N–H and O–H groups in total. The van der Waals surface area contributed by atoms with E-state index in [1.807, 2.05) is 6.07 Å². The van der Waals surface area contributed by atoms with Gasteiger partial charge in [0.1, 0.15) is 0 Å². The van der Waals surface area contributed by atoms with Gasteiger partial charge in [-0.15, -0.1) is 0 Å². The second kappa shape index (κ2) is 8.46. The van der Waals surface area contributed by atoms with Crippen LogP contribution in [-0.2, 0) is 6.54 Å². The summed E-state index contributed by atoms with van der Waals surface area (Å²) in [6.07, 6.45) is 2.21. The molecule has 128 valence electrons. The van der Waals surface area contributed by atoms with Gasteiger partial charge >= 0.3 is 0 Å². The third kappa shape index (κ3) is 4.91. The molecule has 0 bridgehead atoms. The third-order valence-electron chi connectivity index (χ3n) is 4.76. The van der Waals surface area contributed by atoms with E-state index < -0.39 is 0 Å². The number of hydrogen-bond acceptors (Lipinski definition) is 3.